The largest absolute Gasteiger partial charge is 0.383 e. The molecule has 2 aromatic rings. The predicted molar refractivity (Wildman–Crippen MR) is 73.1 cm³/mol. The molecule has 0 bridgehead atoms. The molecule has 2 rings (SSSR count). The third kappa shape index (κ3) is 2.84. The summed E-state index contributed by atoms with van der Waals surface area (Å²) < 4.78 is 15.5. The number of aromatic nitrogens is 3. The zero-order valence-electron chi connectivity index (χ0n) is 11.0. The summed E-state index contributed by atoms with van der Waals surface area (Å²) >= 11 is 3.46. The lowest BCUT2D eigenvalue weighted by atomic mass is 9.95. The van der Waals surface area contributed by atoms with Crippen molar-refractivity contribution in [2.75, 3.05) is 0 Å². The number of hydrogen-bond donors (Lipinski definition) is 1. The van der Waals surface area contributed by atoms with Gasteiger partial charge in [-0.2, -0.15) is 5.10 Å². The Bertz CT molecular complexity index is 593. The van der Waals surface area contributed by atoms with Gasteiger partial charge in [0.2, 0.25) is 0 Å². The van der Waals surface area contributed by atoms with Crippen molar-refractivity contribution >= 4 is 15.9 Å². The summed E-state index contributed by atoms with van der Waals surface area (Å²) in [4.78, 5) is 3.94. The highest BCUT2D eigenvalue weighted by molar-refractivity contribution is 9.10. The second kappa shape index (κ2) is 5.02. The van der Waals surface area contributed by atoms with Crippen LogP contribution in [0.4, 0.5) is 4.39 Å². The minimum Gasteiger partial charge on any atom is -0.383 e. The van der Waals surface area contributed by atoms with Crippen LogP contribution in [-0.2, 0) is 19.1 Å². The van der Waals surface area contributed by atoms with E-state index in [0.717, 1.165) is 22.1 Å². The van der Waals surface area contributed by atoms with E-state index in [-0.39, 0.29) is 0 Å². The van der Waals surface area contributed by atoms with Crippen molar-refractivity contribution in [1.82, 2.24) is 14.8 Å². The molecule has 0 saturated heterocycles. The van der Waals surface area contributed by atoms with Gasteiger partial charge in [-0.05, 0) is 41.9 Å². The summed E-state index contributed by atoms with van der Waals surface area (Å²) in [5.41, 5.74) is 0.977. The third-order valence-electron chi connectivity index (χ3n) is 3.05. The highest BCUT2D eigenvalue weighted by atomic mass is 79.9. The van der Waals surface area contributed by atoms with Gasteiger partial charge in [-0.1, -0.05) is 0 Å². The summed E-state index contributed by atoms with van der Waals surface area (Å²) in [6.07, 6.45) is 1.44. The molecule has 102 valence electrons. The number of nitrogens with zero attached hydrogens (tertiary/aromatic N) is 3. The second-order valence-electron chi connectivity index (χ2n) is 4.78. The Morgan fingerprint density at radius 3 is 2.63 bits per heavy atom. The fourth-order valence-electron chi connectivity index (χ4n) is 1.98. The van der Waals surface area contributed by atoms with Gasteiger partial charge in [0.1, 0.15) is 11.4 Å². The van der Waals surface area contributed by atoms with Crippen molar-refractivity contribution in [1.29, 1.82) is 0 Å². The molecule has 0 spiro atoms. The van der Waals surface area contributed by atoms with Crippen LogP contribution in [0.3, 0.4) is 0 Å². The smallest absolute Gasteiger partial charge is 0.141 e. The maximum absolute atomic E-state index is 12.9. The van der Waals surface area contributed by atoms with Crippen molar-refractivity contribution in [3.63, 3.8) is 0 Å². The first-order valence-electron chi connectivity index (χ1n) is 5.83. The zero-order valence-corrected chi connectivity index (χ0v) is 12.6. The zero-order chi connectivity index (χ0) is 14.2. The van der Waals surface area contributed by atoms with Gasteiger partial charge in [0.05, 0.1) is 27.8 Å². The Kier molecular flexibility index (Phi) is 3.73. The molecule has 1 unspecified atom stereocenters. The quantitative estimate of drug-likeness (QED) is 0.942. The lowest BCUT2D eigenvalue weighted by Crippen LogP contribution is -2.27. The molecule has 6 heteroatoms. The highest BCUT2D eigenvalue weighted by Gasteiger charge is 2.28. The lowest BCUT2D eigenvalue weighted by molar-refractivity contribution is 0.0507. The Morgan fingerprint density at radius 1 is 1.47 bits per heavy atom. The van der Waals surface area contributed by atoms with Crippen LogP contribution in [0, 0.1) is 12.7 Å². The van der Waals surface area contributed by atoms with Crippen molar-refractivity contribution in [2.24, 2.45) is 7.05 Å². The van der Waals surface area contributed by atoms with Crippen molar-refractivity contribution < 1.29 is 9.50 Å². The first kappa shape index (κ1) is 14.1. The Labute approximate surface area is 119 Å². The topological polar surface area (TPSA) is 50.9 Å². The number of halogens is 2. The van der Waals surface area contributed by atoms with E-state index in [0.29, 0.717) is 12.1 Å². The van der Waals surface area contributed by atoms with E-state index < -0.39 is 11.4 Å². The van der Waals surface area contributed by atoms with E-state index in [4.69, 9.17) is 0 Å². The van der Waals surface area contributed by atoms with Crippen LogP contribution >= 0.6 is 15.9 Å². The van der Waals surface area contributed by atoms with Crippen LogP contribution in [0.25, 0.3) is 0 Å². The highest BCUT2D eigenvalue weighted by Crippen LogP contribution is 2.29. The summed E-state index contributed by atoms with van der Waals surface area (Å²) in [7, 11) is 1.82. The van der Waals surface area contributed by atoms with Crippen LogP contribution in [-0.4, -0.2) is 19.9 Å². The molecule has 0 saturated carbocycles. The maximum Gasteiger partial charge on any atom is 0.141 e. The Morgan fingerprint density at radius 2 is 2.16 bits per heavy atom. The predicted octanol–water partition coefficient (Wildman–Crippen LogP) is 2.48. The lowest BCUT2D eigenvalue weighted by Gasteiger charge is -2.22. The number of aryl methyl sites for hydroxylation is 2. The summed E-state index contributed by atoms with van der Waals surface area (Å²) in [5, 5.41) is 14.8. The van der Waals surface area contributed by atoms with Crippen LogP contribution in [0.2, 0.25) is 0 Å². The summed E-state index contributed by atoms with van der Waals surface area (Å²) in [6.45, 7) is 3.54. The molecule has 0 aromatic carbocycles. The van der Waals surface area contributed by atoms with Crippen molar-refractivity contribution in [2.45, 2.75) is 25.9 Å². The first-order valence-corrected chi connectivity index (χ1v) is 6.63. The molecule has 0 fully saturated rings. The van der Waals surface area contributed by atoms with Crippen LogP contribution in [0.1, 0.15) is 24.0 Å². The van der Waals surface area contributed by atoms with E-state index in [1.807, 2.05) is 14.0 Å². The Balaban J connectivity index is 2.33. The normalized spacial score (nSPS) is 14.4. The van der Waals surface area contributed by atoms with E-state index in [2.05, 4.69) is 26.0 Å². The van der Waals surface area contributed by atoms with Crippen LogP contribution < -0.4 is 0 Å². The van der Waals surface area contributed by atoms with Crippen molar-refractivity contribution in [3.8, 4) is 0 Å². The van der Waals surface area contributed by atoms with Gasteiger partial charge in [0.25, 0.3) is 0 Å². The molecular formula is C13H15BrFN3O. The Hall–Kier alpha value is -1.27. The number of pyridine rings is 1. The molecular weight excluding hydrogens is 313 g/mol. The molecule has 0 amide bonds. The van der Waals surface area contributed by atoms with E-state index >= 15 is 0 Å². The molecule has 0 aliphatic rings. The molecule has 0 aliphatic carbocycles. The summed E-state index contributed by atoms with van der Waals surface area (Å²) in [6, 6.07) is 2.78. The number of hydrogen-bond acceptors (Lipinski definition) is 3. The molecule has 2 heterocycles. The van der Waals surface area contributed by atoms with E-state index in [9.17, 15) is 9.50 Å². The summed E-state index contributed by atoms with van der Waals surface area (Å²) in [5.74, 6) is -0.419. The van der Waals surface area contributed by atoms with Gasteiger partial charge < -0.3 is 5.11 Å². The average Bonchev–Trinajstić information content (AvgIpc) is 2.56. The molecule has 4 nitrogen and oxygen atoms in total. The van der Waals surface area contributed by atoms with Gasteiger partial charge in [-0.3, -0.25) is 9.67 Å². The first-order chi connectivity index (χ1) is 8.81. The SMILES string of the molecule is Cc1nn(C)c(CC(C)(O)c2ccc(F)cn2)c1Br. The number of aliphatic hydroxyl groups is 1. The van der Waals surface area contributed by atoms with Gasteiger partial charge in [-0.15, -0.1) is 0 Å². The van der Waals surface area contributed by atoms with Gasteiger partial charge in [0, 0.05) is 13.5 Å². The van der Waals surface area contributed by atoms with Gasteiger partial charge in [-0.25, -0.2) is 4.39 Å². The fraction of sp³-hybridized carbons (Fsp3) is 0.385. The molecule has 19 heavy (non-hydrogen) atoms. The standard InChI is InChI=1S/C13H15BrFN3O/c1-8-12(14)10(18(3)17-8)6-13(2,19)11-5-4-9(15)7-16-11/h4-5,7,19H,6H2,1-3H3. The monoisotopic (exact) mass is 327 g/mol. The molecule has 0 aliphatic heterocycles. The maximum atomic E-state index is 12.9. The molecule has 0 radical (unpaired) electrons. The van der Waals surface area contributed by atoms with Crippen LogP contribution in [0.5, 0.6) is 0 Å². The number of rotatable bonds is 3. The fourth-order valence-corrected chi connectivity index (χ4v) is 2.46. The van der Waals surface area contributed by atoms with Gasteiger partial charge >= 0.3 is 0 Å². The molecule has 1 N–H and O–H groups in total. The molecule has 1 atom stereocenters. The van der Waals surface area contributed by atoms with Gasteiger partial charge in [0.15, 0.2) is 0 Å². The average molecular weight is 328 g/mol. The van der Waals surface area contributed by atoms with E-state index in [1.165, 1.54) is 12.1 Å². The van der Waals surface area contributed by atoms with Crippen LogP contribution in [0.15, 0.2) is 22.8 Å². The van der Waals surface area contributed by atoms with Crippen molar-refractivity contribution in [3.05, 3.63) is 45.7 Å². The van der Waals surface area contributed by atoms with E-state index in [1.54, 1.807) is 11.6 Å². The minimum atomic E-state index is -1.18. The molecule has 2 aromatic heterocycles. The third-order valence-corrected chi connectivity index (χ3v) is 4.08. The minimum absolute atomic E-state index is 0.337. The second-order valence-corrected chi connectivity index (χ2v) is 5.57.